The number of halogens is 2. The minimum absolute atomic E-state index is 0.220. The summed E-state index contributed by atoms with van der Waals surface area (Å²) in [6, 6.07) is 8.57. The number of hydrogen-bond donors (Lipinski definition) is 2. The zero-order valence-electron chi connectivity index (χ0n) is 11.8. The summed E-state index contributed by atoms with van der Waals surface area (Å²) in [5.41, 5.74) is 0.215. The average Bonchev–Trinajstić information content (AvgIpc) is 2.49. The van der Waals surface area contributed by atoms with Gasteiger partial charge in [0.2, 0.25) is 5.43 Å². The van der Waals surface area contributed by atoms with Crippen molar-refractivity contribution < 1.29 is 18.7 Å². The summed E-state index contributed by atoms with van der Waals surface area (Å²) in [4.78, 5) is 25.6. The van der Waals surface area contributed by atoms with Gasteiger partial charge in [-0.2, -0.15) is 0 Å². The molecule has 1 aromatic heterocycles. The van der Waals surface area contributed by atoms with Crippen LogP contribution in [-0.4, -0.2) is 16.1 Å². The average molecular weight is 315 g/mol. The second-order valence-electron chi connectivity index (χ2n) is 5.14. The summed E-state index contributed by atoms with van der Waals surface area (Å²) in [5.74, 6) is -2.56. The van der Waals surface area contributed by atoms with Crippen molar-refractivity contribution in [3.63, 3.8) is 0 Å². The Morgan fingerprint density at radius 3 is 2.43 bits per heavy atom. The van der Waals surface area contributed by atoms with Gasteiger partial charge in [-0.25, -0.2) is 13.6 Å². The number of benzene rings is 2. The lowest BCUT2D eigenvalue weighted by molar-refractivity contribution is 0.0695. The van der Waals surface area contributed by atoms with Crippen LogP contribution in [0.5, 0.6) is 0 Å². The topological polar surface area (TPSA) is 70.2 Å². The third kappa shape index (κ3) is 2.83. The van der Waals surface area contributed by atoms with E-state index >= 15 is 0 Å². The number of carboxylic acid groups (broad SMARTS) is 1. The molecule has 0 fully saturated rings. The van der Waals surface area contributed by atoms with Crippen LogP contribution in [-0.2, 0) is 6.42 Å². The molecule has 2 aromatic carbocycles. The Labute approximate surface area is 129 Å². The van der Waals surface area contributed by atoms with Crippen molar-refractivity contribution in [3.8, 4) is 0 Å². The van der Waals surface area contributed by atoms with E-state index in [-0.39, 0.29) is 16.7 Å². The molecule has 116 valence electrons. The van der Waals surface area contributed by atoms with E-state index in [1.807, 2.05) is 0 Å². The van der Waals surface area contributed by atoms with Crippen LogP contribution in [0.2, 0.25) is 0 Å². The van der Waals surface area contributed by atoms with Crippen LogP contribution in [0.3, 0.4) is 0 Å². The van der Waals surface area contributed by atoms with Gasteiger partial charge in [-0.1, -0.05) is 12.1 Å². The molecule has 0 amide bonds. The molecule has 0 aliphatic rings. The number of pyridine rings is 1. The maximum absolute atomic E-state index is 14.2. The van der Waals surface area contributed by atoms with Crippen molar-refractivity contribution in [2.24, 2.45) is 0 Å². The van der Waals surface area contributed by atoms with Gasteiger partial charge >= 0.3 is 5.97 Å². The molecule has 3 aromatic rings. The molecule has 0 unspecified atom stereocenters. The van der Waals surface area contributed by atoms with Gasteiger partial charge in [-0.3, -0.25) is 4.79 Å². The molecule has 23 heavy (non-hydrogen) atoms. The number of rotatable bonds is 3. The molecule has 6 heteroatoms. The van der Waals surface area contributed by atoms with Gasteiger partial charge < -0.3 is 10.1 Å². The van der Waals surface area contributed by atoms with Crippen LogP contribution in [0, 0.1) is 11.6 Å². The van der Waals surface area contributed by atoms with E-state index in [1.165, 1.54) is 18.2 Å². The van der Waals surface area contributed by atoms with Crippen molar-refractivity contribution in [2.75, 3.05) is 0 Å². The Kier molecular flexibility index (Phi) is 3.65. The monoisotopic (exact) mass is 315 g/mol. The SMILES string of the molecule is O=C(O)c1c[nH]c2cc(Cc3ccc(F)cc3)cc(F)c2c1=O. The van der Waals surface area contributed by atoms with Gasteiger partial charge in [-0.15, -0.1) is 0 Å². The Hall–Kier alpha value is -3.02. The molecule has 1 heterocycles. The highest BCUT2D eigenvalue weighted by Gasteiger charge is 2.15. The molecule has 0 radical (unpaired) electrons. The molecule has 2 N–H and O–H groups in total. The number of carbonyl (C=O) groups is 1. The fourth-order valence-electron chi connectivity index (χ4n) is 2.46. The third-order valence-corrected chi connectivity index (χ3v) is 3.55. The Morgan fingerprint density at radius 2 is 1.78 bits per heavy atom. The molecule has 0 saturated heterocycles. The Morgan fingerprint density at radius 1 is 1.09 bits per heavy atom. The molecule has 3 rings (SSSR count). The van der Waals surface area contributed by atoms with Crippen LogP contribution in [0.15, 0.2) is 47.4 Å². The second-order valence-corrected chi connectivity index (χ2v) is 5.14. The standard InChI is InChI=1S/C17H11F2NO3/c18-11-3-1-9(2-4-11)5-10-6-13(19)15-14(7-10)20-8-12(16(15)21)17(22)23/h1-4,6-8H,5H2,(H,20,21)(H,22,23). The van der Waals surface area contributed by atoms with Gasteiger partial charge in [0.15, 0.2) is 0 Å². The lowest BCUT2D eigenvalue weighted by Gasteiger charge is -2.06. The highest BCUT2D eigenvalue weighted by atomic mass is 19.1. The highest BCUT2D eigenvalue weighted by Crippen LogP contribution is 2.19. The van der Waals surface area contributed by atoms with E-state index in [0.717, 1.165) is 11.8 Å². The predicted octanol–water partition coefficient (Wildman–Crippen LogP) is 3.10. The van der Waals surface area contributed by atoms with Gasteiger partial charge in [0.1, 0.15) is 17.2 Å². The molecule has 4 nitrogen and oxygen atoms in total. The van der Waals surface area contributed by atoms with Gasteiger partial charge in [0, 0.05) is 6.20 Å². The molecule has 0 atom stereocenters. The van der Waals surface area contributed by atoms with Gasteiger partial charge in [0.25, 0.3) is 0 Å². The highest BCUT2D eigenvalue weighted by molar-refractivity contribution is 5.92. The van der Waals surface area contributed by atoms with Crippen molar-refractivity contribution in [3.05, 3.63) is 81.1 Å². The first-order valence-electron chi connectivity index (χ1n) is 6.77. The Balaban J connectivity index is 2.08. The summed E-state index contributed by atoms with van der Waals surface area (Å²) >= 11 is 0. The van der Waals surface area contributed by atoms with Gasteiger partial charge in [0.05, 0.1) is 10.9 Å². The third-order valence-electron chi connectivity index (χ3n) is 3.55. The molecule has 0 bridgehead atoms. The number of aromatic nitrogens is 1. The van der Waals surface area contributed by atoms with E-state index < -0.39 is 22.8 Å². The molecular weight excluding hydrogens is 304 g/mol. The molecule has 0 spiro atoms. The van der Waals surface area contributed by atoms with Crippen LogP contribution < -0.4 is 5.43 Å². The number of H-pyrrole nitrogens is 1. The number of aromatic carboxylic acids is 1. The van der Waals surface area contributed by atoms with Crippen molar-refractivity contribution in [2.45, 2.75) is 6.42 Å². The maximum atomic E-state index is 14.2. The van der Waals surface area contributed by atoms with Gasteiger partial charge in [-0.05, 0) is 41.8 Å². The summed E-state index contributed by atoms with van der Waals surface area (Å²) < 4.78 is 27.1. The summed E-state index contributed by atoms with van der Waals surface area (Å²) in [6.07, 6.45) is 1.41. The Bertz CT molecular complexity index is 962. The smallest absolute Gasteiger partial charge is 0.341 e. The summed E-state index contributed by atoms with van der Waals surface area (Å²) in [5, 5.41) is 8.63. The van der Waals surface area contributed by atoms with E-state index in [4.69, 9.17) is 5.11 Å². The minimum Gasteiger partial charge on any atom is -0.477 e. The first-order chi connectivity index (χ1) is 11.0. The van der Waals surface area contributed by atoms with Crippen LogP contribution >= 0.6 is 0 Å². The lowest BCUT2D eigenvalue weighted by Crippen LogP contribution is -2.16. The normalized spacial score (nSPS) is 10.9. The summed E-state index contributed by atoms with van der Waals surface area (Å²) in [6.45, 7) is 0. The van der Waals surface area contributed by atoms with Crippen molar-refractivity contribution in [1.82, 2.24) is 4.98 Å². The summed E-state index contributed by atoms with van der Waals surface area (Å²) in [7, 11) is 0. The van der Waals surface area contributed by atoms with Crippen LogP contribution in [0.25, 0.3) is 10.9 Å². The predicted molar refractivity (Wildman–Crippen MR) is 80.7 cm³/mol. The zero-order valence-corrected chi connectivity index (χ0v) is 11.8. The molecular formula is C17H11F2NO3. The minimum atomic E-state index is -1.41. The zero-order chi connectivity index (χ0) is 16.6. The van der Waals surface area contributed by atoms with E-state index in [0.29, 0.717) is 12.0 Å². The number of fused-ring (bicyclic) bond motifs is 1. The van der Waals surface area contributed by atoms with E-state index in [1.54, 1.807) is 18.2 Å². The van der Waals surface area contributed by atoms with Crippen molar-refractivity contribution in [1.29, 1.82) is 0 Å². The van der Waals surface area contributed by atoms with E-state index in [9.17, 15) is 18.4 Å². The number of carboxylic acids is 1. The fourth-order valence-corrected chi connectivity index (χ4v) is 2.46. The molecule has 0 aliphatic carbocycles. The first kappa shape index (κ1) is 14.9. The molecule has 0 saturated carbocycles. The first-order valence-corrected chi connectivity index (χ1v) is 6.77. The quantitative estimate of drug-likeness (QED) is 0.780. The van der Waals surface area contributed by atoms with Crippen LogP contribution in [0.4, 0.5) is 8.78 Å². The fraction of sp³-hybridized carbons (Fsp3) is 0.0588. The van der Waals surface area contributed by atoms with Crippen molar-refractivity contribution >= 4 is 16.9 Å². The second kappa shape index (κ2) is 5.64. The largest absolute Gasteiger partial charge is 0.477 e. The van der Waals surface area contributed by atoms with Crippen LogP contribution in [0.1, 0.15) is 21.5 Å². The number of hydrogen-bond acceptors (Lipinski definition) is 2. The molecule has 0 aliphatic heterocycles. The number of aromatic amines is 1. The number of nitrogens with one attached hydrogen (secondary N) is 1. The van der Waals surface area contributed by atoms with E-state index in [2.05, 4.69) is 4.98 Å². The maximum Gasteiger partial charge on any atom is 0.341 e. The lowest BCUT2D eigenvalue weighted by atomic mass is 10.0.